The average molecular weight is 461 g/mol. The fourth-order valence-electron chi connectivity index (χ4n) is 3.06. The maximum Gasteiger partial charge on any atom is 0.336 e. The van der Waals surface area contributed by atoms with Gasteiger partial charge in [0.05, 0.1) is 22.3 Å². The minimum absolute atomic E-state index is 0.00194. The Morgan fingerprint density at radius 2 is 1.97 bits per heavy atom. The molecule has 0 saturated carbocycles. The molecule has 0 bridgehead atoms. The minimum atomic E-state index is -0.940. The molecule has 1 saturated heterocycles. The molecule has 1 aliphatic rings. The molecule has 1 aliphatic heterocycles. The van der Waals surface area contributed by atoms with Gasteiger partial charge in [0.15, 0.2) is 11.5 Å². The van der Waals surface area contributed by atoms with E-state index >= 15 is 0 Å². The van der Waals surface area contributed by atoms with Gasteiger partial charge in [0, 0.05) is 5.56 Å². The molecule has 3 rings (SSSR count). The Labute approximate surface area is 188 Å². The Bertz CT molecular complexity index is 1130. The summed E-state index contributed by atoms with van der Waals surface area (Å²) in [5.74, 6) is -1.58. The summed E-state index contributed by atoms with van der Waals surface area (Å²) in [6.45, 7) is 5.72. The van der Waals surface area contributed by atoms with E-state index in [0.717, 1.165) is 4.90 Å². The monoisotopic (exact) mass is 460 g/mol. The van der Waals surface area contributed by atoms with Crippen LogP contribution in [0, 0.1) is 0 Å². The molecule has 2 aromatic rings. The Morgan fingerprint density at radius 3 is 2.65 bits per heavy atom. The first-order valence-electron chi connectivity index (χ1n) is 9.23. The smallest absolute Gasteiger partial charge is 0.336 e. The fourth-order valence-corrected chi connectivity index (χ4v) is 3.44. The number of carbonyl (C=O) groups excluding carboxylic acids is 3. The van der Waals surface area contributed by atoms with E-state index in [-0.39, 0.29) is 32.8 Å². The number of nitrogens with zero attached hydrogens (tertiary/aromatic N) is 1. The lowest BCUT2D eigenvalue weighted by Gasteiger charge is -2.27. The van der Waals surface area contributed by atoms with Gasteiger partial charge in [-0.3, -0.25) is 14.9 Å². The number of halogens is 2. The highest BCUT2D eigenvalue weighted by atomic mass is 35.5. The van der Waals surface area contributed by atoms with E-state index in [2.05, 4.69) is 11.9 Å². The quantitative estimate of drug-likeness (QED) is 0.376. The van der Waals surface area contributed by atoms with Crippen LogP contribution in [0.1, 0.15) is 18.1 Å². The Kier molecular flexibility index (Phi) is 6.68. The van der Waals surface area contributed by atoms with Crippen molar-refractivity contribution in [3.63, 3.8) is 0 Å². The largest absolute Gasteiger partial charge is 0.504 e. The number of phenolic OH excluding ortho intramolecular Hbond substituents is 1. The molecular formula is C22H18Cl2N2O5. The molecule has 7 nitrogen and oxygen atoms in total. The molecule has 2 aromatic carbocycles. The number of ether oxygens (including phenoxy) is 1. The van der Waals surface area contributed by atoms with E-state index in [4.69, 9.17) is 27.9 Å². The number of rotatable bonds is 6. The molecule has 31 heavy (non-hydrogen) atoms. The number of allylic oxidation sites excluding steroid dienone is 1. The van der Waals surface area contributed by atoms with Crippen molar-refractivity contribution in [2.24, 2.45) is 0 Å². The second-order valence-electron chi connectivity index (χ2n) is 6.48. The van der Waals surface area contributed by atoms with Crippen molar-refractivity contribution in [3.05, 3.63) is 69.7 Å². The molecule has 0 radical (unpaired) electrons. The van der Waals surface area contributed by atoms with E-state index in [9.17, 15) is 19.5 Å². The molecule has 2 N–H and O–H groups in total. The van der Waals surface area contributed by atoms with Gasteiger partial charge in [-0.1, -0.05) is 35.3 Å². The summed E-state index contributed by atoms with van der Waals surface area (Å²) in [6, 6.07) is 6.62. The summed E-state index contributed by atoms with van der Waals surface area (Å²) < 4.78 is 5.45. The van der Waals surface area contributed by atoms with Crippen LogP contribution in [0.4, 0.5) is 10.5 Å². The van der Waals surface area contributed by atoms with Crippen molar-refractivity contribution in [2.45, 2.75) is 13.3 Å². The highest BCUT2D eigenvalue weighted by Gasteiger charge is 2.38. The number of phenols is 1. The third kappa shape index (κ3) is 4.42. The van der Waals surface area contributed by atoms with Crippen LogP contribution in [0.25, 0.3) is 6.08 Å². The number of benzene rings is 2. The molecule has 160 valence electrons. The SMILES string of the molecule is C=CCc1cc(C=C2C(=O)NC(=O)N(c3cccc(Cl)c3Cl)C2=O)cc(OCC)c1O. The number of hydrogen-bond donors (Lipinski definition) is 2. The van der Waals surface area contributed by atoms with Crippen molar-refractivity contribution < 1.29 is 24.2 Å². The fraction of sp³-hybridized carbons (Fsp3) is 0.136. The lowest BCUT2D eigenvalue weighted by Crippen LogP contribution is -2.54. The summed E-state index contributed by atoms with van der Waals surface area (Å²) >= 11 is 12.2. The molecule has 0 unspecified atom stereocenters. The first-order chi connectivity index (χ1) is 14.8. The number of urea groups is 1. The number of carbonyl (C=O) groups is 3. The van der Waals surface area contributed by atoms with Gasteiger partial charge in [0.25, 0.3) is 11.8 Å². The number of barbiturate groups is 1. The maximum absolute atomic E-state index is 13.1. The third-order valence-corrected chi connectivity index (χ3v) is 5.23. The molecular weight excluding hydrogens is 443 g/mol. The highest BCUT2D eigenvalue weighted by molar-refractivity contribution is 6.46. The van der Waals surface area contributed by atoms with Gasteiger partial charge in [-0.25, -0.2) is 9.69 Å². The summed E-state index contributed by atoms with van der Waals surface area (Å²) in [6.07, 6.45) is 3.25. The van der Waals surface area contributed by atoms with Crippen molar-refractivity contribution in [2.75, 3.05) is 11.5 Å². The van der Waals surface area contributed by atoms with Crippen LogP contribution >= 0.6 is 23.2 Å². The van der Waals surface area contributed by atoms with Crippen LogP contribution in [-0.4, -0.2) is 29.6 Å². The highest BCUT2D eigenvalue weighted by Crippen LogP contribution is 2.36. The summed E-state index contributed by atoms with van der Waals surface area (Å²) in [5.41, 5.74) is 0.668. The van der Waals surface area contributed by atoms with Crippen molar-refractivity contribution >= 4 is 52.8 Å². The van der Waals surface area contributed by atoms with Crippen LogP contribution in [-0.2, 0) is 16.0 Å². The zero-order chi connectivity index (χ0) is 22.7. The molecule has 4 amide bonds. The standard InChI is InChI=1S/C22H18Cl2N2O5/c1-3-6-13-9-12(11-17(19(13)27)31-4-2)10-14-20(28)25-22(30)26(21(14)29)16-8-5-7-15(23)18(16)24/h3,5,7-11,27H,1,4,6H2,2H3,(H,25,28,30). The first-order valence-corrected chi connectivity index (χ1v) is 9.99. The van der Waals surface area contributed by atoms with Gasteiger partial charge in [-0.15, -0.1) is 6.58 Å². The number of hydrogen-bond acceptors (Lipinski definition) is 5. The van der Waals surface area contributed by atoms with Gasteiger partial charge in [0.1, 0.15) is 5.57 Å². The number of aromatic hydroxyl groups is 1. The average Bonchev–Trinajstić information content (AvgIpc) is 2.72. The van der Waals surface area contributed by atoms with Crippen LogP contribution in [0.15, 0.2) is 48.6 Å². The number of nitrogens with one attached hydrogen (secondary N) is 1. The summed E-state index contributed by atoms with van der Waals surface area (Å²) in [7, 11) is 0. The van der Waals surface area contributed by atoms with Gasteiger partial charge in [-0.05, 0) is 49.2 Å². The molecule has 0 atom stereocenters. The predicted molar refractivity (Wildman–Crippen MR) is 119 cm³/mol. The van der Waals surface area contributed by atoms with Crippen molar-refractivity contribution in [1.82, 2.24) is 5.32 Å². The summed E-state index contributed by atoms with van der Waals surface area (Å²) in [5, 5.41) is 12.6. The zero-order valence-electron chi connectivity index (χ0n) is 16.4. The van der Waals surface area contributed by atoms with E-state index in [0.29, 0.717) is 24.2 Å². The predicted octanol–water partition coefficient (Wildman–Crippen LogP) is 4.49. The van der Waals surface area contributed by atoms with E-state index < -0.39 is 17.8 Å². The van der Waals surface area contributed by atoms with Gasteiger partial charge < -0.3 is 9.84 Å². The minimum Gasteiger partial charge on any atom is -0.504 e. The molecule has 1 fully saturated rings. The lowest BCUT2D eigenvalue weighted by atomic mass is 10.0. The zero-order valence-corrected chi connectivity index (χ0v) is 18.0. The van der Waals surface area contributed by atoms with Crippen molar-refractivity contribution in [1.29, 1.82) is 0 Å². The second-order valence-corrected chi connectivity index (χ2v) is 7.27. The van der Waals surface area contributed by atoms with Crippen LogP contribution in [0.2, 0.25) is 10.0 Å². The number of anilines is 1. The molecule has 0 spiro atoms. The Hall–Kier alpha value is -3.29. The third-order valence-electron chi connectivity index (χ3n) is 4.43. The normalized spacial score (nSPS) is 15.3. The van der Waals surface area contributed by atoms with E-state index in [1.165, 1.54) is 30.3 Å². The summed E-state index contributed by atoms with van der Waals surface area (Å²) in [4.78, 5) is 38.6. The van der Waals surface area contributed by atoms with Crippen LogP contribution in [0.5, 0.6) is 11.5 Å². The van der Waals surface area contributed by atoms with Crippen molar-refractivity contribution in [3.8, 4) is 11.5 Å². The lowest BCUT2D eigenvalue weighted by molar-refractivity contribution is -0.122. The Balaban J connectivity index is 2.10. The van der Waals surface area contributed by atoms with Gasteiger partial charge >= 0.3 is 6.03 Å². The molecule has 9 heteroatoms. The van der Waals surface area contributed by atoms with Gasteiger partial charge in [0.2, 0.25) is 0 Å². The topological polar surface area (TPSA) is 95.9 Å². The van der Waals surface area contributed by atoms with Gasteiger partial charge in [-0.2, -0.15) is 0 Å². The van der Waals surface area contributed by atoms with Crippen LogP contribution < -0.4 is 15.0 Å². The first kappa shape index (κ1) is 22.4. The second kappa shape index (κ2) is 9.24. The Morgan fingerprint density at radius 1 is 1.23 bits per heavy atom. The molecule has 0 aliphatic carbocycles. The number of imide groups is 2. The number of amides is 4. The van der Waals surface area contributed by atoms with Crippen LogP contribution in [0.3, 0.4) is 0 Å². The molecule has 0 aromatic heterocycles. The molecule has 1 heterocycles. The maximum atomic E-state index is 13.1. The van der Waals surface area contributed by atoms with E-state index in [1.807, 2.05) is 0 Å². The van der Waals surface area contributed by atoms with E-state index in [1.54, 1.807) is 19.1 Å².